The SMILES string of the molecule is CC1C(C(=O)O)OC(C)(C)N1C. The first kappa shape index (κ1) is 9.48. The van der Waals surface area contributed by atoms with E-state index in [4.69, 9.17) is 9.84 Å². The number of likely N-dealkylation sites (N-methyl/N-ethyl adjacent to an activating group) is 1. The Morgan fingerprint density at radius 3 is 2.25 bits per heavy atom. The summed E-state index contributed by atoms with van der Waals surface area (Å²) in [5.74, 6) is -0.889. The second-order valence-corrected chi connectivity index (χ2v) is 3.67. The van der Waals surface area contributed by atoms with Gasteiger partial charge in [-0.15, -0.1) is 0 Å². The Morgan fingerprint density at radius 1 is 1.58 bits per heavy atom. The van der Waals surface area contributed by atoms with Crippen LogP contribution in [0.5, 0.6) is 0 Å². The first-order valence-corrected chi connectivity index (χ1v) is 4.00. The lowest BCUT2D eigenvalue weighted by Gasteiger charge is -2.27. The summed E-state index contributed by atoms with van der Waals surface area (Å²) in [6, 6.07) is -0.0718. The topological polar surface area (TPSA) is 49.8 Å². The monoisotopic (exact) mass is 173 g/mol. The van der Waals surface area contributed by atoms with Crippen molar-refractivity contribution < 1.29 is 14.6 Å². The van der Waals surface area contributed by atoms with Crippen molar-refractivity contribution in [1.29, 1.82) is 0 Å². The van der Waals surface area contributed by atoms with Gasteiger partial charge >= 0.3 is 5.97 Å². The van der Waals surface area contributed by atoms with Crippen LogP contribution in [0.4, 0.5) is 0 Å². The van der Waals surface area contributed by atoms with Gasteiger partial charge in [0.15, 0.2) is 6.10 Å². The van der Waals surface area contributed by atoms with Crippen LogP contribution in [0.25, 0.3) is 0 Å². The molecule has 0 bridgehead atoms. The molecule has 0 radical (unpaired) electrons. The Hall–Kier alpha value is -0.610. The van der Waals surface area contributed by atoms with E-state index in [1.807, 2.05) is 32.7 Å². The molecule has 1 aliphatic heterocycles. The molecule has 12 heavy (non-hydrogen) atoms. The molecule has 0 saturated carbocycles. The maximum Gasteiger partial charge on any atom is 0.334 e. The minimum absolute atomic E-state index is 0.0718. The van der Waals surface area contributed by atoms with E-state index in [1.165, 1.54) is 0 Å². The summed E-state index contributed by atoms with van der Waals surface area (Å²) in [5, 5.41) is 8.78. The lowest BCUT2D eigenvalue weighted by molar-refractivity contribution is -0.154. The van der Waals surface area contributed by atoms with Crippen molar-refractivity contribution in [2.24, 2.45) is 0 Å². The molecule has 1 saturated heterocycles. The molecule has 0 spiro atoms. The Kier molecular flexibility index (Phi) is 2.14. The van der Waals surface area contributed by atoms with Crippen LogP contribution in [-0.4, -0.2) is 40.9 Å². The Bertz CT molecular complexity index is 202. The van der Waals surface area contributed by atoms with E-state index in [9.17, 15) is 4.79 Å². The highest BCUT2D eigenvalue weighted by Crippen LogP contribution is 2.29. The number of carbonyl (C=O) groups is 1. The van der Waals surface area contributed by atoms with Crippen LogP contribution in [0.2, 0.25) is 0 Å². The maximum atomic E-state index is 10.7. The quantitative estimate of drug-likeness (QED) is 0.628. The van der Waals surface area contributed by atoms with Crippen molar-refractivity contribution in [3.63, 3.8) is 0 Å². The molecule has 2 unspecified atom stereocenters. The van der Waals surface area contributed by atoms with Crippen LogP contribution < -0.4 is 0 Å². The van der Waals surface area contributed by atoms with Crippen LogP contribution in [0.3, 0.4) is 0 Å². The van der Waals surface area contributed by atoms with Crippen LogP contribution in [-0.2, 0) is 9.53 Å². The fourth-order valence-electron chi connectivity index (χ4n) is 1.44. The zero-order chi connectivity index (χ0) is 9.52. The predicted octanol–water partition coefficient (Wildman–Crippen LogP) is 0.526. The van der Waals surface area contributed by atoms with E-state index in [1.54, 1.807) is 0 Å². The summed E-state index contributed by atoms with van der Waals surface area (Å²) in [6.45, 7) is 5.59. The number of aliphatic carboxylic acids is 1. The highest BCUT2D eigenvalue weighted by molar-refractivity contribution is 5.73. The molecule has 1 fully saturated rings. The van der Waals surface area contributed by atoms with Crippen LogP contribution >= 0.6 is 0 Å². The summed E-state index contributed by atoms with van der Waals surface area (Å²) < 4.78 is 5.36. The van der Waals surface area contributed by atoms with E-state index in [0.717, 1.165) is 0 Å². The molecular weight excluding hydrogens is 158 g/mol. The highest BCUT2D eigenvalue weighted by Gasteiger charge is 2.46. The van der Waals surface area contributed by atoms with Gasteiger partial charge in [-0.05, 0) is 27.8 Å². The maximum absolute atomic E-state index is 10.7. The molecule has 0 aromatic carbocycles. The smallest absolute Gasteiger partial charge is 0.334 e. The molecule has 0 aromatic rings. The van der Waals surface area contributed by atoms with E-state index in [2.05, 4.69) is 0 Å². The number of hydrogen-bond acceptors (Lipinski definition) is 3. The van der Waals surface area contributed by atoms with Crippen molar-refractivity contribution >= 4 is 5.97 Å². The third-order valence-corrected chi connectivity index (χ3v) is 2.56. The van der Waals surface area contributed by atoms with Crippen molar-refractivity contribution in [2.45, 2.75) is 38.6 Å². The van der Waals surface area contributed by atoms with E-state index < -0.39 is 17.8 Å². The summed E-state index contributed by atoms with van der Waals surface area (Å²) in [5.41, 5.74) is -0.470. The lowest BCUT2D eigenvalue weighted by Crippen LogP contribution is -2.40. The van der Waals surface area contributed by atoms with Gasteiger partial charge < -0.3 is 9.84 Å². The summed E-state index contributed by atoms with van der Waals surface area (Å²) in [6.07, 6.45) is -0.704. The zero-order valence-electron chi connectivity index (χ0n) is 7.87. The Labute approximate surface area is 72.1 Å². The zero-order valence-corrected chi connectivity index (χ0v) is 7.87. The van der Waals surface area contributed by atoms with Gasteiger partial charge in [0.1, 0.15) is 5.72 Å². The molecule has 1 N–H and O–H groups in total. The van der Waals surface area contributed by atoms with Crippen LogP contribution in [0, 0.1) is 0 Å². The first-order chi connectivity index (χ1) is 5.36. The van der Waals surface area contributed by atoms with Crippen molar-refractivity contribution in [2.75, 3.05) is 7.05 Å². The molecule has 1 aliphatic rings. The van der Waals surface area contributed by atoms with Gasteiger partial charge in [-0.25, -0.2) is 4.79 Å². The molecule has 4 nitrogen and oxygen atoms in total. The van der Waals surface area contributed by atoms with Gasteiger partial charge in [0, 0.05) is 6.04 Å². The second kappa shape index (κ2) is 2.71. The molecule has 1 heterocycles. The van der Waals surface area contributed by atoms with E-state index >= 15 is 0 Å². The number of carboxylic acid groups (broad SMARTS) is 1. The van der Waals surface area contributed by atoms with Crippen molar-refractivity contribution in [3.8, 4) is 0 Å². The van der Waals surface area contributed by atoms with Gasteiger partial charge in [0.2, 0.25) is 0 Å². The van der Waals surface area contributed by atoms with E-state index in [0.29, 0.717) is 0 Å². The largest absolute Gasteiger partial charge is 0.479 e. The van der Waals surface area contributed by atoms with Gasteiger partial charge in [0.05, 0.1) is 0 Å². The molecule has 0 aliphatic carbocycles. The fraction of sp³-hybridized carbons (Fsp3) is 0.875. The number of nitrogens with zero attached hydrogens (tertiary/aromatic N) is 1. The Balaban J connectivity index is 2.81. The minimum atomic E-state index is -0.889. The average molecular weight is 173 g/mol. The second-order valence-electron chi connectivity index (χ2n) is 3.67. The summed E-state index contributed by atoms with van der Waals surface area (Å²) in [4.78, 5) is 12.6. The van der Waals surface area contributed by atoms with Crippen LogP contribution in [0.1, 0.15) is 20.8 Å². The third-order valence-electron chi connectivity index (χ3n) is 2.56. The fourth-order valence-corrected chi connectivity index (χ4v) is 1.44. The minimum Gasteiger partial charge on any atom is -0.479 e. The molecule has 0 aromatic heterocycles. The molecule has 0 amide bonds. The summed E-state index contributed by atoms with van der Waals surface area (Å²) in [7, 11) is 1.87. The van der Waals surface area contributed by atoms with Gasteiger partial charge in [0.25, 0.3) is 0 Å². The number of hydrogen-bond donors (Lipinski definition) is 1. The third kappa shape index (κ3) is 1.32. The average Bonchev–Trinajstić information content (AvgIpc) is 2.14. The number of carboxylic acids is 1. The van der Waals surface area contributed by atoms with Crippen molar-refractivity contribution in [1.82, 2.24) is 4.90 Å². The Morgan fingerprint density at radius 2 is 2.08 bits per heavy atom. The predicted molar refractivity (Wildman–Crippen MR) is 43.8 cm³/mol. The molecule has 2 atom stereocenters. The van der Waals surface area contributed by atoms with Gasteiger partial charge in [-0.2, -0.15) is 0 Å². The highest BCUT2D eigenvalue weighted by atomic mass is 16.6. The van der Waals surface area contributed by atoms with Crippen LogP contribution in [0.15, 0.2) is 0 Å². The normalized spacial score (nSPS) is 35.3. The standard InChI is InChI=1S/C8H15NO3/c1-5-6(7(10)11)12-8(2,3)9(5)4/h5-6H,1-4H3,(H,10,11). The summed E-state index contributed by atoms with van der Waals surface area (Å²) >= 11 is 0. The number of rotatable bonds is 1. The first-order valence-electron chi connectivity index (χ1n) is 4.00. The molecule has 4 heteroatoms. The molecule has 1 rings (SSSR count). The van der Waals surface area contributed by atoms with Gasteiger partial charge in [-0.1, -0.05) is 0 Å². The molecule has 70 valence electrons. The van der Waals surface area contributed by atoms with Crippen molar-refractivity contribution in [3.05, 3.63) is 0 Å². The number of ether oxygens (including phenoxy) is 1. The lowest BCUT2D eigenvalue weighted by atomic mass is 10.2. The molecular formula is C8H15NO3. The van der Waals surface area contributed by atoms with E-state index in [-0.39, 0.29) is 6.04 Å². The van der Waals surface area contributed by atoms with Gasteiger partial charge in [-0.3, -0.25) is 4.90 Å².